The largest absolute Gasteiger partial charge is 0.497 e. The number of aromatic amines is 1. The summed E-state index contributed by atoms with van der Waals surface area (Å²) in [6.07, 6.45) is -0.0964. The Morgan fingerprint density at radius 3 is 2.85 bits per heavy atom. The summed E-state index contributed by atoms with van der Waals surface area (Å²) in [6, 6.07) is 7.73. The molecular formula is C24H23F3N4O3. The number of nitrogens with one attached hydrogen (secondary N) is 1. The molecule has 4 aromatic rings. The lowest BCUT2D eigenvalue weighted by molar-refractivity contribution is -0.134. The highest BCUT2D eigenvalue weighted by atomic mass is 19.3. The maximum Gasteiger partial charge on any atom is 0.296 e. The third-order valence-electron chi connectivity index (χ3n) is 5.84. The summed E-state index contributed by atoms with van der Waals surface area (Å²) in [6.45, 7) is 1.80. The zero-order chi connectivity index (χ0) is 24.7. The normalized spacial score (nSPS) is 18.7. The molecule has 2 aromatic carbocycles. The van der Waals surface area contributed by atoms with Crippen molar-refractivity contribution < 1.29 is 28.8 Å². The monoisotopic (exact) mass is 473 g/mol. The van der Waals surface area contributed by atoms with Crippen LogP contribution < -0.4 is 14.2 Å². The quantitative estimate of drug-likeness (QED) is 0.436. The van der Waals surface area contributed by atoms with E-state index in [1.807, 2.05) is 6.92 Å². The number of aryl methyl sites for hydroxylation is 1. The summed E-state index contributed by atoms with van der Waals surface area (Å²) in [5.74, 6) is -3.60. The van der Waals surface area contributed by atoms with Crippen molar-refractivity contribution in [3.63, 3.8) is 0 Å². The molecule has 0 radical (unpaired) electrons. The van der Waals surface area contributed by atoms with E-state index in [1.54, 1.807) is 19.2 Å². The number of H-pyrrole nitrogens is 1. The van der Waals surface area contributed by atoms with E-state index in [0.717, 1.165) is 5.69 Å². The molecule has 0 aliphatic carbocycles. The molecule has 7 nitrogen and oxygen atoms in total. The third-order valence-corrected chi connectivity index (χ3v) is 5.84. The number of hydrogen-bond donors (Lipinski definition) is 1. The second-order valence-electron chi connectivity index (χ2n) is 8.43. The number of rotatable bonds is 5. The number of nitrogens with zero attached hydrogens (tertiary/aromatic N) is 3. The molecule has 1 atom stereocenters. The van der Waals surface area contributed by atoms with Crippen LogP contribution in [0.15, 0.2) is 36.7 Å². The van der Waals surface area contributed by atoms with E-state index in [1.165, 1.54) is 29.4 Å². The van der Waals surface area contributed by atoms with Crippen molar-refractivity contribution in [3.05, 3.63) is 48.2 Å². The standard InChI is InChI=1S/C24H23F3N4O3/c1-13-8-15-16(30-13)4-5-18(22(15)25)34-23-21-17(28-12-29-23)9-14(32-3)10-19(21)33-20-6-7-31(2)11-24(20,26)27/h4-5,8-10,12,20,30H,6-7,11H2,1-3H3/i3D. The minimum atomic E-state index is -3.11. The molecule has 0 spiro atoms. The summed E-state index contributed by atoms with van der Waals surface area (Å²) < 4.78 is 69.0. The molecule has 1 saturated heterocycles. The molecule has 1 aliphatic heterocycles. The van der Waals surface area contributed by atoms with Crippen molar-refractivity contribution in [2.24, 2.45) is 0 Å². The second kappa shape index (κ2) is 8.35. The van der Waals surface area contributed by atoms with Gasteiger partial charge in [-0.3, -0.25) is 0 Å². The number of ether oxygens (including phenoxy) is 3. The Bertz CT molecular complexity index is 1400. The summed E-state index contributed by atoms with van der Waals surface area (Å²) >= 11 is 0. The van der Waals surface area contributed by atoms with Crippen LogP contribution in [0.3, 0.4) is 0 Å². The van der Waals surface area contributed by atoms with Crippen LogP contribution in [0.2, 0.25) is 0 Å². The lowest BCUT2D eigenvalue weighted by Crippen LogP contribution is -2.52. The van der Waals surface area contributed by atoms with Gasteiger partial charge in [-0.1, -0.05) is 0 Å². The highest BCUT2D eigenvalue weighted by Gasteiger charge is 2.45. The average Bonchev–Trinajstić information content (AvgIpc) is 3.18. The van der Waals surface area contributed by atoms with Crippen LogP contribution in [0, 0.1) is 12.7 Å². The van der Waals surface area contributed by atoms with E-state index >= 15 is 4.39 Å². The predicted octanol–water partition coefficient (Wildman–Crippen LogP) is 5.08. The number of methoxy groups -OCH3 is 1. The van der Waals surface area contributed by atoms with E-state index < -0.39 is 24.4 Å². The van der Waals surface area contributed by atoms with Crippen molar-refractivity contribution in [3.8, 4) is 23.1 Å². The van der Waals surface area contributed by atoms with Gasteiger partial charge in [-0.15, -0.1) is 0 Å². The number of halogens is 3. The first-order valence-electron chi connectivity index (χ1n) is 11.4. The van der Waals surface area contributed by atoms with Crippen LogP contribution in [0.5, 0.6) is 23.1 Å². The van der Waals surface area contributed by atoms with E-state index in [2.05, 4.69) is 15.0 Å². The van der Waals surface area contributed by atoms with Crippen molar-refractivity contribution in [2.75, 3.05) is 27.2 Å². The SMILES string of the molecule is [2H]COc1cc(OC2CCN(C)CC2(F)F)c2c(Oc3ccc4[nH]c(C)cc4c3F)ncnc2c1. The maximum atomic E-state index is 15.2. The van der Waals surface area contributed by atoms with Gasteiger partial charge in [0.1, 0.15) is 23.2 Å². The average molecular weight is 473 g/mol. The highest BCUT2D eigenvalue weighted by Crippen LogP contribution is 2.41. The lowest BCUT2D eigenvalue weighted by Gasteiger charge is -2.36. The van der Waals surface area contributed by atoms with Gasteiger partial charge in [0.2, 0.25) is 5.88 Å². The highest BCUT2D eigenvalue weighted by molar-refractivity contribution is 5.91. The number of hydrogen-bond acceptors (Lipinski definition) is 6. The van der Waals surface area contributed by atoms with Gasteiger partial charge in [0.05, 0.1) is 20.5 Å². The molecule has 10 heteroatoms. The predicted molar refractivity (Wildman–Crippen MR) is 121 cm³/mol. The van der Waals surface area contributed by atoms with Crippen LogP contribution in [0.25, 0.3) is 21.8 Å². The minimum absolute atomic E-state index is 0.00903. The fourth-order valence-corrected chi connectivity index (χ4v) is 4.21. The Labute approximate surface area is 194 Å². The van der Waals surface area contributed by atoms with E-state index in [9.17, 15) is 8.78 Å². The maximum absolute atomic E-state index is 15.2. The number of piperidine rings is 1. The Morgan fingerprint density at radius 2 is 2.06 bits per heavy atom. The molecule has 0 amide bonds. The van der Waals surface area contributed by atoms with Gasteiger partial charge < -0.3 is 24.1 Å². The molecule has 1 unspecified atom stereocenters. The van der Waals surface area contributed by atoms with Crippen molar-refractivity contribution in [2.45, 2.75) is 25.4 Å². The van der Waals surface area contributed by atoms with Crippen molar-refractivity contribution in [1.29, 1.82) is 0 Å². The van der Waals surface area contributed by atoms with Gasteiger partial charge in [0, 0.05) is 41.7 Å². The van der Waals surface area contributed by atoms with Crippen molar-refractivity contribution >= 4 is 21.8 Å². The van der Waals surface area contributed by atoms with Gasteiger partial charge in [0.25, 0.3) is 5.92 Å². The topological polar surface area (TPSA) is 72.5 Å². The van der Waals surface area contributed by atoms with E-state index in [-0.39, 0.29) is 47.5 Å². The molecule has 2 aromatic heterocycles. The Balaban J connectivity index is 1.59. The number of likely N-dealkylation sites (tertiary alicyclic amines) is 1. The van der Waals surface area contributed by atoms with Crippen LogP contribution >= 0.6 is 0 Å². The summed E-state index contributed by atoms with van der Waals surface area (Å²) in [4.78, 5) is 12.9. The van der Waals surface area contributed by atoms with Gasteiger partial charge in [-0.2, -0.15) is 0 Å². The van der Waals surface area contributed by atoms with Crippen molar-refractivity contribution in [1.82, 2.24) is 19.9 Å². The zero-order valence-electron chi connectivity index (χ0n) is 19.6. The first-order valence-corrected chi connectivity index (χ1v) is 10.6. The molecule has 34 heavy (non-hydrogen) atoms. The molecule has 5 rings (SSSR count). The van der Waals surface area contributed by atoms with Crippen LogP contribution in [-0.2, 0) is 0 Å². The van der Waals surface area contributed by atoms with E-state index in [4.69, 9.17) is 15.6 Å². The third kappa shape index (κ3) is 3.98. The first-order chi connectivity index (χ1) is 16.7. The molecule has 0 bridgehead atoms. The molecule has 178 valence electrons. The molecule has 1 N–H and O–H groups in total. The lowest BCUT2D eigenvalue weighted by atomic mass is 10.0. The number of alkyl halides is 2. The van der Waals surface area contributed by atoms with Gasteiger partial charge in [-0.25, -0.2) is 23.1 Å². The molecule has 1 aliphatic rings. The smallest absolute Gasteiger partial charge is 0.296 e. The molecule has 0 saturated carbocycles. The van der Waals surface area contributed by atoms with Gasteiger partial charge in [-0.05, 0) is 32.2 Å². The first kappa shape index (κ1) is 21.0. The molecule has 3 heterocycles. The summed E-state index contributed by atoms with van der Waals surface area (Å²) in [7, 11) is 1.24. The Kier molecular flexibility index (Phi) is 5.17. The fraction of sp³-hybridized carbons (Fsp3) is 0.333. The zero-order valence-corrected chi connectivity index (χ0v) is 18.6. The van der Waals surface area contributed by atoms with Gasteiger partial charge in [0.15, 0.2) is 17.7 Å². The van der Waals surface area contributed by atoms with Crippen LogP contribution in [0.1, 0.15) is 13.5 Å². The van der Waals surface area contributed by atoms with E-state index in [0.29, 0.717) is 17.4 Å². The number of fused-ring (bicyclic) bond motifs is 2. The summed E-state index contributed by atoms with van der Waals surface area (Å²) in [5.41, 5.74) is 1.69. The number of aromatic nitrogens is 3. The van der Waals surface area contributed by atoms with Crippen LogP contribution in [-0.4, -0.2) is 59.1 Å². The number of benzene rings is 2. The van der Waals surface area contributed by atoms with Gasteiger partial charge >= 0.3 is 0 Å². The summed E-state index contributed by atoms with van der Waals surface area (Å²) in [5, 5.41) is 0.552. The fourth-order valence-electron chi connectivity index (χ4n) is 4.21. The minimum Gasteiger partial charge on any atom is -0.497 e. The second-order valence-corrected chi connectivity index (χ2v) is 8.43. The Hall–Kier alpha value is -3.53. The Morgan fingerprint density at radius 1 is 1.21 bits per heavy atom. The van der Waals surface area contributed by atoms with Crippen LogP contribution in [0.4, 0.5) is 13.2 Å². The molecular weight excluding hydrogens is 449 g/mol. The molecule has 1 fully saturated rings.